The fourth-order valence-corrected chi connectivity index (χ4v) is 2.25. The molecule has 1 atom stereocenters. The lowest BCUT2D eigenvalue weighted by atomic mass is 10.1. The molecule has 0 aliphatic carbocycles. The van der Waals surface area contributed by atoms with Gasteiger partial charge in [0.2, 0.25) is 0 Å². The van der Waals surface area contributed by atoms with E-state index in [1.165, 1.54) is 6.07 Å². The summed E-state index contributed by atoms with van der Waals surface area (Å²) in [7, 11) is 0. The minimum atomic E-state index is -1.52. The van der Waals surface area contributed by atoms with Crippen molar-refractivity contribution in [1.82, 2.24) is 0 Å². The summed E-state index contributed by atoms with van der Waals surface area (Å²) in [5.74, 6) is -1.39. The number of aliphatic hydroxyl groups is 1. The molecule has 0 aliphatic heterocycles. The smallest absolute Gasteiger partial charge is 0.339 e. The number of halogens is 2. The molecule has 1 rings (SSSR count). The van der Waals surface area contributed by atoms with Crippen molar-refractivity contribution in [3.8, 4) is 0 Å². The van der Waals surface area contributed by atoms with Crippen molar-refractivity contribution >= 4 is 29.3 Å². The molecule has 3 nitrogen and oxygen atoms in total. The molecule has 0 aromatic heterocycles. The molecular formula is C11H12ClFO3S. The Balaban J connectivity index is 3.04. The number of carbonyl (C=O) groups excluding carboxylic acids is 1. The Kier molecular flexibility index (Phi) is 5.24. The van der Waals surface area contributed by atoms with Crippen LogP contribution in [0.4, 0.5) is 4.39 Å². The molecule has 1 aromatic carbocycles. The van der Waals surface area contributed by atoms with Crippen LogP contribution in [0.15, 0.2) is 17.0 Å². The fraction of sp³-hybridized carbons (Fsp3) is 0.364. The van der Waals surface area contributed by atoms with Crippen molar-refractivity contribution in [3.63, 3.8) is 0 Å². The maximum absolute atomic E-state index is 13.6. The second-order valence-corrected chi connectivity index (χ2v) is 4.40. The van der Waals surface area contributed by atoms with E-state index in [2.05, 4.69) is 4.74 Å². The molecule has 0 aliphatic rings. The van der Waals surface area contributed by atoms with Crippen LogP contribution in [0.1, 0.15) is 18.6 Å². The highest BCUT2D eigenvalue weighted by Gasteiger charge is 2.21. The minimum Gasteiger partial charge on any atom is -0.464 e. The predicted octanol–water partition coefficient (Wildman–Crippen LogP) is 2.80. The van der Waals surface area contributed by atoms with Crippen molar-refractivity contribution in [2.75, 3.05) is 12.9 Å². The van der Waals surface area contributed by atoms with Crippen LogP contribution in [-0.2, 0) is 9.53 Å². The van der Waals surface area contributed by atoms with Gasteiger partial charge < -0.3 is 9.84 Å². The van der Waals surface area contributed by atoms with Gasteiger partial charge in [-0.3, -0.25) is 0 Å². The van der Waals surface area contributed by atoms with Crippen molar-refractivity contribution < 1.29 is 19.0 Å². The van der Waals surface area contributed by atoms with Crippen molar-refractivity contribution in [2.45, 2.75) is 17.9 Å². The molecule has 1 N–H and O–H groups in total. The maximum atomic E-state index is 13.6. The van der Waals surface area contributed by atoms with E-state index in [-0.39, 0.29) is 22.1 Å². The lowest BCUT2D eigenvalue weighted by molar-refractivity contribution is -0.153. The number of hydrogen-bond acceptors (Lipinski definition) is 4. The maximum Gasteiger partial charge on any atom is 0.339 e. The molecule has 0 radical (unpaired) electrons. The summed E-state index contributed by atoms with van der Waals surface area (Å²) in [6.07, 6.45) is 0.170. The SMILES string of the molecule is CCOC(=O)C(O)c1cc(F)c(SC)c(Cl)c1. The lowest BCUT2D eigenvalue weighted by Crippen LogP contribution is -2.15. The van der Waals surface area contributed by atoms with Crippen LogP contribution < -0.4 is 0 Å². The molecule has 0 heterocycles. The first-order valence-electron chi connectivity index (χ1n) is 4.88. The van der Waals surface area contributed by atoms with Gasteiger partial charge in [-0.05, 0) is 30.9 Å². The topological polar surface area (TPSA) is 46.5 Å². The first kappa shape index (κ1) is 14.3. The number of ether oxygens (including phenoxy) is 1. The summed E-state index contributed by atoms with van der Waals surface area (Å²) in [5.41, 5.74) is 0.0868. The lowest BCUT2D eigenvalue weighted by Gasteiger charge is -2.12. The van der Waals surface area contributed by atoms with Crippen molar-refractivity contribution in [1.29, 1.82) is 0 Å². The van der Waals surface area contributed by atoms with Crippen LogP contribution in [-0.4, -0.2) is 23.9 Å². The first-order valence-corrected chi connectivity index (χ1v) is 6.49. The molecule has 0 saturated carbocycles. The van der Waals surface area contributed by atoms with Crippen molar-refractivity contribution in [2.24, 2.45) is 0 Å². The second-order valence-electron chi connectivity index (χ2n) is 3.17. The van der Waals surface area contributed by atoms with Crippen LogP contribution in [0.25, 0.3) is 0 Å². The number of thioether (sulfide) groups is 1. The van der Waals surface area contributed by atoms with Gasteiger partial charge in [0, 0.05) is 0 Å². The fourth-order valence-electron chi connectivity index (χ4n) is 1.29. The van der Waals surface area contributed by atoms with Gasteiger partial charge in [-0.15, -0.1) is 11.8 Å². The number of rotatable bonds is 4. The Morgan fingerprint density at radius 2 is 2.29 bits per heavy atom. The third-order valence-corrected chi connectivity index (χ3v) is 3.28. The summed E-state index contributed by atoms with van der Waals surface area (Å²) in [5, 5.41) is 9.79. The highest BCUT2D eigenvalue weighted by molar-refractivity contribution is 7.98. The Morgan fingerprint density at radius 3 is 2.76 bits per heavy atom. The van der Waals surface area contributed by atoms with Crippen LogP contribution in [0, 0.1) is 5.82 Å². The van der Waals surface area contributed by atoms with Gasteiger partial charge in [-0.25, -0.2) is 9.18 Å². The monoisotopic (exact) mass is 278 g/mol. The van der Waals surface area contributed by atoms with Crippen LogP contribution in [0.3, 0.4) is 0 Å². The third kappa shape index (κ3) is 3.34. The van der Waals surface area contributed by atoms with E-state index < -0.39 is 17.9 Å². The number of esters is 1. The highest BCUT2D eigenvalue weighted by Crippen LogP contribution is 2.31. The predicted molar refractivity (Wildman–Crippen MR) is 64.8 cm³/mol. The summed E-state index contributed by atoms with van der Waals surface area (Å²) in [6, 6.07) is 2.44. The zero-order valence-corrected chi connectivity index (χ0v) is 10.9. The van der Waals surface area contributed by atoms with E-state index in [0.29, 0.717) is 0 Å². The molecule has 0 bridgehead atoms. The van der Waals surface area contributed by atoms with Crippen LogP contribution in [0.5, 0.6) is 0 Å². The largest absolute Gasteiger partial charge is 0.464 e. The van der Waals surface area contributed by atoms with E-state index in [0.717, 1.165) is 17.8 Å². The Bertz CT molecular complexity index is 402. The molecule has 6 heteroatoms. The zero-order chi connectivity index (χ0) is 13.0. The Hall–Kier alpha value is -0.780. The van der Waals surface area contributed by atoms with E-state index in [9.17, 15) is 14.3 Å². The molecule has 94 valence electrons. The van der Waals surface area contributed by atoms with Gasteiger partial charge in [0.1, 0.15) is 5.82 Å². The number of carbonyl (C=O) groups is 1. The molecule has 0 amide bonds. The standard InChI is InChI=1S/C11H12ClFO3S/c1-3-16-11(15)9(14)6-4-7(12)10(17-2)8(13)5-6/h4-5,9,14H,3H2,1-2H3. The summed E-state index contributed by atoms with van der Waals surface area (Å²) in [6.45, 7) is 1.77. The average Bonchev–Trinajstić information content (AvgIpc) is 2.27. The minimum absolute atomic E-state index is 0.0868. The summed E-state index contributed by atoms with van der Waals surface area (Å²) >= 11 is 6.99. The van der Waals surface area contributed by atoms with Gasteiger partial charge >= 0.3 is 5.97 Å². The summed E-state index contributed by atoms with van der Waals surface area (Å²) in [4.78, 5) is 11.6. The number of aliphatic hydroxyl groups excluding tert-OH is 1. The van der Waals surface area contributed by atoms with Gasteiger partial charge in [-0.1, -0.05) is 11.6 Å². The molecule has 1 unspecified atom stereocenters. The van der Waals surface area contributed by atoms with Gasteiger partial charge in [0.25, 0.3) is 0 Å². The van der Waals surface area contributed by atoms with Gasteiger partial charge in [-0.2, -0.15) is 0 Å². The average molecular weight is 279 g/mol. The van der Waals surface area contributed by atoms with E-state index in [4.69, 9.17) is 11.6 Å². The third-order valence-electron chi connectivity index (χ3n) is 2.05. The van der Waals surface area contributed by atoms with Crippen molar-refractivity contribution in [3.05, 3.63) is 28.5 Å². The van der Waals surface area contributed by atoms with E-state index >= 15 is 0 Å². The first-order chi connectivity index (χ1) is 8.01. The van der Waals surface area contributed by atoms with Crippen LogP contribution >= 0.6 is 23.4 Å². The second kappa shape index (κ2) is 6.23. The molecule has 0 saturated heterocycles. The molecule has 1 aromatic rings. The molecular weight excluding hydrogens is 267 g/mol. The van der Waals surface area contributed by atoms with E-state index in [1.807, 2.05) is 0 Å². The van der Waals surface area contributed by atoms with E-state index in [1.54, 1.807) is 13.2 Å². The number of hydrogen-bond donors (Lipinski definition) is 1. The highest BCUT2D eigenvalue weighted by atomic mass is 35.5. The zero-order valence-electron chi connectivity index (χ0n) is 9.37. The summed E-state index contributed by atoms with van der Waals surface area (Å²) < 4.78 is 18.2. The van der Waals surface area contributed by atoms with Gasteiger partial charge in [0.15, 0.2) is 6.10 Å². The normalized spacial score (nSPS) is 12.3. The molecule has 17 heavy (non-hydrogen) atoms. The Morgan fingerprint density at radius 1 is 1.65 bits per heavy atom. The Labute approximate surface area is 108 Å². The quantitative estimate of drug-likeness (QED) is 0.680. The van der Waals surface area contributed by atoms with Gasteiger partial charge in [0.05, 0.1) is 16.5 Å². The van der Waals surface area contributed by atoms with Crippen LogP contribution in [0.2, 0.25) is 5.02 Å². The molecule has 0 spiro atoms. The number of benzene rings is 1. The molecule has 0 fully saturated rings.